The van der Waals surface area contributed by atoms with Crippen molar-refractivity contribution in [3.05, 3.63) is 59.7 Å². The van der Waals surface area contributed by atoms with Gasteiger partial charge < -0.3 is 15.2 Å². The first kappa shape index (κ1) is 23.3. The largest absolute Gasteiger partial charge is 0.479 e. The third-order valence-electron chi connectivity index (χ3n) is 5.42. The molecule has 2 amide bonds. The maximum atomic E-state index is 12.3. The number of rotatable bonds is 9. The van der Waals surface area contributed by atoms with E-state index in [9.17, 15) is 14.4 Å². The molecule has 0 bridgehead atoms. The number of carboxylic acids is 1. The Bertz CT molecular complexity index is 958. The zero-order valence-corrected chi connectivity index (χ0v) is 18.5. The number of carbonyl (C=O) groups excluding carboxylic acids is 2. The Labute approximate surface area is 187 Å². The number of hydroxylamine groups is 2. The molecule has 170 valence electrons. The highest BCUT2D eigenvalue weighted by Crippen LogP contribution is 2.44. The van der Waals surface area contributed by atoms with Crippen LogP contribution in [-0.2, 0) is 19.2 Å². The van der Waals surface area contributed by atoms with Crippen molar-refractivity contribution < 1.29 is 29.1 Å². The second-order valence-electron chi connectivity index (χ2n) is 8.58. The maximum absolute atomic E-state index is 12.3. The molecule has 0 saturated carbocycles. The smallest absolute Gasteiger partial charge is 0.407 e. The SMILES string of the molecule is CN(OCC(=O)O)C(=O)CC(C)(C)CNC(=O)OCC1c2ccccc2-c2ccccc21. The van der Waals surface area contributed by atoms with E-state index in [4.69, 9.17) is 14.7 Å². The van der Waals surface area contributed by atoms with Gasteiger partial charge in [0.25, 0.3) is 0 Å². The fourth-order valence-electron chi connectivity index (χ4n) is 3.77. The Morgan fingerprint density at radius 3 is 2.16 bits per heavy atom. The molecule has 0 spiro atoms. The number of aliphatic carboxylic acids is 1. The van der Waals surface area contributed by atoms with Crippen LogP contribution in [0.25, 0.3) is 11.1 Å². The fourth-order valence-corrected chi connectivity index (χ4v) is 3.77. The molecule has 2 aromatic carbocycles. The second kappa shape index (κ2) is 9.82. The topological polar surface area (TPSA) is 105 Å². The van der Waals surface area contributed by atoms with Crippen molar-refractivity contribution in [2.24, 2.45) is 5.41 Å². The van der Waals surface area contributed by atoms with Gasteiger partial charge in [-0.1, -0.05) is 62.4 Å². The fraction of sp³-hybridized carbons (Fsp3) is 0.375. The molecule has 0 radical (unpaired) electrons. The number of hydrogen-bond donors (Lipinski definition) is 2. The third-order valence-corrected chi connectivity index (χ3v) is 5.42. The van der Waals surface area contributed by atoms with E-state index in [2.05, 4.69) is 29.6 Å². The number of nitrogens with one attached hydrogen (secondary N) is 1. The van der Waals surface area contributed by atoms with Gasteiger partial charge in [0, 0.05) is 25.9 Å². The first-order valence-corrected chi connectivity index (χ1v) is 10.4. The van der Waals surface area contributed by atoms with Gasteiger partial charge in [-0.2, -0.15) is 0 Å². The minimum Gasteiger partial charge on any atom is -0.479 e. The first-order valence-electron chi connectivity index (χ1n) is 10.4. The minimum atomic E-state index is -1.17. The number of benzene rings is 2. The molecule has 8 heteroatoms. The van der Waals surface area contributed by atoms with Crippen molar-refractivity contribution in [1.82, 2.24) is 10.4 Å². The molecule has 0 atom stereocenters. The van der Waals surface area contributed by atoms with E-state index >= 15 is 0 Å². The van der Waals surface area contributed by atoms with Crippen molar-refractivity contribution in [1.29, 1.82) is 0 Å². The quantitative estimate of drug-likeness (QED) is 0.579. The predicted molar refractivity (Wildman–Crippen MR) is 118 cm³/mol. The molecule has 0 heterocycles. The molecular weight excluding hydrogens is 412 g/mol. The summed E-state index contributed by atoms with van der Waals surface area (Å²) in [6.07, 6.45) is -0.491. The van der Waals surface area contributed by atoms with Crippen LogP contribution in [0.2, 0.25) is 0 Å². The summed E-state index contributed by atoms with van der Waals surface area (Å²) in [4.78, 5) is 40.0. The Morgan fingerprint density at radius 2 is 1.59 bits per heavy atom. The molecule has 0 fully saturated rings. The molecule has 2 aromatic rings. The van der Waals surface area contributed by atoms with Crippen LogP contribution in [0.15, 0.2) is 48.5 Å². The molecule has 0 aliphatic heterocycles. The lowest BCUT2D eigenvalue weighted by molar-refractivity contribution is -0.187. The summed E-state index contributed by atoms with van der Waals surface area (Å²) in [5, 5.41) is 12.3. The average Bonchev–Trinajstić information content (AvgIpc) is 3.08. The van der Waals surface area contributed by atoms with Crippen molar-refractivity contribution in [2.75, 3.05) is 26.8 Å². The van der Waals surface area contributed by atoms with Crippen molar-refractivity contribution >= 4 is 18.0 Å². The molecular formula is C24H28N2O6. The zero-order chi connectivity index (χ0) is 23.3. The van der Waals surface area contributed by atoms with Gasteiger partial charge >= 0.3 is 12.1 Å². The van der Waals surface area contributed by atoms with Crippen LogP contribution in [0.3, 0.4) is 0 Å². The van der Waals surface area contributed by atoms with E-state index in [1.807, 2.05) is 38.1 Å². The number of ether oxygens (including phenoxy) is 1. The first-order chi connectivity index (χ1) is 15.2. The highest BCUT2D eigenvalue weighted by Gasteiger charge is 2.30. The van der Waals surface area contributed by atoms with Gasteiger partial charge in [-0.25, -0.2) is 14.7 Å². The highest BCUT2D eigenvalue weighted by molar-refractivity contribution is 5.79. The van der Waals surface area contributed by atoms with Gasteiger partial charge in [-0.05, 0) is 27.7 Å². The molecule has 0 aromatic heterocycles. The monoisotopic (exact) mass is 440 g/mol. The summed E-state index contributed by atoms with van der Waals surface area (Å²) in [5.41, 5.74) is 4.01. The van der Waals surface area contributed by atoms with E-state index in [-0.39, 0.29) is 31.4 Å². The Hall–Kier alpha value is -3.39. The number of hydrogen-bond acceptors (Lipinski definition) is 5. The van der Waals surface area contributed by atoms with Gasteiger partial charge in [0.1, 0.15) is 6.61 Å². The number of fused-ring (bicyclic) bond motifs is 3. The molecule has 1 aliphatic carbocycles. The van der Waals surface area contributed by atoms with Crippen LogP contribution < -0.4 is 5.32 Å². The van der Waals surface area contributed by atoms with Crippen LogP contribution in [-0.4, -0.2) is 54.9 Å². The molecule has 1 aliphatic rings. The summed E-state index contributed by atoms with van der Waals surface area (Å²) in [5.74, 6) is -1.57. The molecule has 2 N–H and O–H groups in total. The Balaban J connectivity index is 1.51. The standard InChI is InChI=1S/C24H28N2O6/c1-24(2,12-21(27)26(3)32-14-22(28)29)15-25-23(30)31-13-20-18-10-6-4-8-16(18)17-9-5-7-11-19(17)20/h4-11,20H,12-15H2,1-3H3,(H,25,30)(H,28,29). The maximum Gasteiger partial charge on any atom is 0.407 e. The molecule has 8 nitrogen and oxygen atoms in total. The van der Waals surface area contributed by atoms with Gasteiger partial charge in [-0.15, -0.1) is 0 Å². The average molecular weight is 440 g/mol. The normalized spacial score (nSPS) is 12.6. The predicted octanol–water partition coefficient (Wildman–Crippen LogP) is 3.42. The van der Waals surface area contributed by atoms with Crippen LogP contribution >= 0.6 is 0 Å². The van der Waals surface area contributed by atoms with Gasteiger partial charge in [0.15, 0.2) is 6.61 Å². The van der Waals surface area contributed by atoms with Crippen LogP contribution in [0.5, 0.6) is 0 Å². The summed E-state index contributed by atoms with van der Waals surface area (Å²) in [6.45, 7) is 3.47. The van der Waals surface area contributed by atoms with E-state index in [0.717, 1.165) is 27.3 Å². The summed E-state index contributed by atoms with van der Waals surface area (Å²) >= 11 is 0. The molecule has 0 unspecified atom stereocenters. The van der Waals surface area contributed by atoms with Gasteiger partial charge in [0.2, 0.25) is 5.91 Å². The van der Waals surface area contributed by atoms with Crippen molar-refractivity contribution in [3.63, 3.8) is 0 Å². The lowest BCUT2D eigenvalue weighted by Gasteiger charge is -2.26. The van der Waals surface area contributed by atoms with Crippen molar-refractivity contribution in [3.8, 4) is 11.1 Å². The lowest BCUT2D eigenvalue weighted by Crippen LogP contribution is -2.39. The second-order valence-corrected chi connectivity index (χ2v) is 8.58. The molecule has 0 saturated heterocycles. The number of alkyl carbamates (subject to hydrolysis) is 1. The number of nitrogens with zero attached hydrogens (tertiary/aromatic N) is 1. The van der Waals surface area contributed by atoms with E-state index in [1.165, 1.54) is 7.05 Å². The molecule has 32 heavy (non-hydrogen) atoms. The zero-order valence-electron chi connectivity index (χ0n) is 18.5. The van der Waals surface area contributed by atoms with Crippen LogP contribution in [0.1, 0.15) is 37.3 Å². The Kier molecular flexibility index (Phi) is 7.15. The molecule has 3 rings (SSSR count). The van der Waals surface area contributed by atoms with Gasteiger partial charge in [0.05, 0.1) is 0 Å². The highest BCUT2D eigenvalue weighted by atomic mass is 16.7. The number of amides is 2. The van der Waals surface area contributed by atoms with E-state index in [0.29, 0.717) is 0 Å². The number of carbonyl (C=O) groups is 3. The summed E-state index contributed by atoms with van der Waals surface area (Å²) in [6, 6.07) is 16.2. The summed E-state index contributed by atoms with van der Waals surface area (Å²) in [7, 11) is 1.36. The van der Waals surface area contributed by atoms with Crippen molar-refractivity contribution in [2.45, 2.75) is 26.2 Å². The van der Waals surface area contributed by atoms with E-state index in [1.54, 1.807) is 0 Å². The summed E-state index contributed by atoms with van der Waals surface area (Å²) < 4.78 is 5.52. The number of carboxylic acid groups (broad SMARTS) is 1. The van der Waals surface area contributed by atoms with Crippen LogP contribution in [0, 0.1) is 5.41 Å². The van der Waals surface area contributed by atoms with Gasteiger partial charge in [-0.3, -0.25) is 9.63 Å². The van der Waals surface area contributed by atoms with Crippen LogP contribution in [0.4, 0.5) is 4.79 Å². The Morgan fingerprint density at radius 1 is 1.03 bits per heavy atom. The third kappa shape index (κ3) is 5.64. The van der Waals surface area contributed by atoms with E-state index < -0.39 is 24.1 Å². The lowest BCUT2D eigenvalue weighted by atomic mass is 9.89. The minimum absolute atomic E-state index is 0.0252.